The third-order valence-electron chi connectivity index (χ3n) is 4.46. The first kappa shape index (κ1) is 17.9. The van der Waals surface area contributed by atoms with Crippen molar-refractivity contribution >= 4 is 17.4 Å². The Hall–Kier alpha value is -2.88. The number of hydrogen-bond donors (Lipinski definition) is 0. The van der Waals surface area contributed by atoms with E-state index in [4.69, 9.17) is 4.42 Å². The molecule has 4 rings (SSSR count). The second-order valence-electron chi connectivity index (χ2n) is 6.89. The number of fused-ring (bicyclic) bond motifs is 1. The van der Waals surface area contributed by atoms with Gasteiger partial charge in [-0.15, -0.1) is 0 Å². The van der Waals surface area contributed by atoms with Crippen molar-refractivity contribution < 1.29 is 9.21 Å². The van der Waals surface area contributed by atoms with E-state index in [9.17, 15) is 9.59 Å². The maximum Gasteiger partial charge on any atom is 0.336 e. The van der Waals surface area contributed by atoms with E-state index in [-0.39, 0.29) is 5.63 Å². The molecule has 0 N–H and O–H groups in total. The van der Waals surface area contributed by atoms with Crippen molar-refractivity contribution in [3.63, 3.8) is 0 Å². The van der Waals surface area contributed by atoms with Gasteiger partial charge in [0.15, 0.2) is 0 Å². The van der Waals surface area contributed by atoms with Crippen LogP contribution in [0, 0.1) is 6.92 Å². The van der Waals surface area contributed by atoms with Crippen LogP contribution in [0.2, 0.25) is 0 Å². The molecule has 1 aliphatic rings. The third kappa shape index (κ3) is 4.02. The minimum Gasteiger partial charge on any atom is -0.423 e. The van der Waals surface area contributed by atoms with Crippen molar-refractivity contribution in [1.29, 1.82) is 0 Å². The summed E-state index contributed by atoms with van der Waals surface area (Å²) in [5.74, 6) is 0.654. The number of benzene rings is 2. The number of rotatable bonds is 3. The number of hydrogen-bond acceptors (Lipinski definition) is 3. The van der Waals surface area contributed by atoms with Crippen LogP contribution in [-0.2, 0) is 4.79 Å². The quantitative estimate of drug-likeness (QED) is 0.522. The van der Waals surface area contributed by atoms with E-state index >= 15 is 0 Å². The molecule has 1 aromatic heterocycles. The monoisotopic (exact) mass is 349 g/mol. The molecule has 0 radical (unpaired) electrons. The molecule has 0 atom stereocenters. The summed E-state index contributed by atoms with van der Waals surface area (Å²) in [7, 11) is 3.38. The molecule has 1 amide bonds. The number of amides is 1. The molecule has 0 unspecified atom stereocenters. The molecule has 4 heteroatoms. The molecule has 0 bridgehead atoms. The first-order valence-corrected chi connectivity index (χ1v) is 8.75. The summed E-state index contributed by atoms with van der Waals surface area (Å²) in [4.78, 5) is 22.8. The second kappa shape index (κ2) is 7.56. The summed E-state index contributed by atoms with van der Waals surface area (Å²) >= 11 is 0. The molecule has 1 saturated carbocycles. The van der Waals surface area contributed by atoms with E-state index in [1.54, 1.807) is 20.2 Å². The zero-order valence-electron chi connectivity index (χ0n) is 15.4. The van der Waals surface area contributed by atoms with Crippen LogP contribution in [-0.4, -0.2) is 25.4 Å². The van der Waals surface area contributed by atoms with Gasteiger partial charge in [0.1, 0.15) is 5.58 Å². The highest BCUT2D eigenvalue weighted by Crippen LogP contribution is 2.41. The van der Waals surface area contributed by atoms with Crippen molar-refractivity contribution in [3.05, 3.63) is 70.1 Å². The lowest BCUT2D eigenvalue weighted by Crippen LogP contribution is -2.06. The molecule has 26 heavy (non-hydrogen) atoms. The molecule has 0 aliphatic heterocycles. The van der Waals surface area contributed by atoms with Crippen molar-refractivity contribution in [2.45, 2.75) is 25.7 Å². The fourth-order valence-electron chi connectivity index (χ4n) is 2.95. The van der Waals surface area contributed by atoms with Gasteiger partial charge >= 0.3 is 5.63 Å². The number of carbonyl (C=O) groups is 1. The Morgan fingerprint density at radius 3 is 2.35 bits per heavy atom. The third-order valence-corrected chi connectivity index (χ3v) is 4.46. The summed E-state index contributed by atoms with van der Waals surface area (Å²) in [5.41, 5.74) is 4.92. The van der Waals surface area contributed by atoms with Gasteiger partial charge in [-0.1, -0.05) is 36.4 Å². The number of carbonyl (C=O) groups excluding carboxylic acids is 1. The SMILES string of the molecule is CN(C)C=O.Cc1ccccc1-c1cc(=O)oc2cc(C3CC3)ccc12. The zero-order chi connectivity index (χ0) is 18.7. The normalized spacial score (nSPS) is 13.0. The Labute approximate surface area is 153 Å². The predicted molar refractivity (Wildman–Crippen MR) is 104 cm³/mol. The lowest BCUT2D eigenvalue weighted by atomic mass is 9.97. The largest absolute Gasteiger partial charge is 0.423 e. The first-order valence-electron chi connectivity index (χ1n) is 8.75. The molecule has 3 aromatic rings. The molecule has 0 saturated heterocycles. The molecule has 4 nitrogen and oxygen atoms in total. The van der Waals surface area contributed by atoms with Crippen LogP contribution in [0.5, 0.6) is 0 Å². The average Bonchev–Trinajstić information content (AvgIpc) is 3.46. The number of nitrogens with zero attached hydrogens (tertiary/aromatic N) is 1. The highest BCUT2D eigenvalue weighted by Gasteiger charge is 2.24. The van der Waals surface area contributed by atoms with E-state index in [2.05, 4.69) is 31.2 Å². The van der Waals surface area contributed by atoms with E-state index < -0.39 is 0 Å². The van der Waals surface area contributed by atoms with Crippen LogP contribution in [0.1, 0.15) is 29.9 Å². The van der Waals surface area contributed by atoms with Gasteiger partial charge in [-0.3, -0.25) is 4.79 Å². The lowest BCUT2D eigenvalue weighted by Gasteiger charge is -2.09. The fraction of sp³-hybridized carbons (Fsp3) is 0.273. The maximum absolute atomic E-state index is 11.9. The molecule has 2 aromatic carbocycles. The van der Waals surface area contributed by atoms with Gasteiger partial charge in [-0.2, -0.15) is 0 Å². The van der Waals surface area contributed by atoms with Crippen LogP contribution >= 0.6 is 0 Å². The summed E-state index contributed by atoms with van der Waals surface area (Å²) in [6.45, 7) is 2.06. The Balaban J connectivity index is 0.000000349. The van der Waals surface area contributed by atoms with Gasteiger partial charge in [0, 0.05) is 31.1 Å². The molecule has 1 heterocycles. The molecule has 1 fully saturated rings. The van der Waals surface area contributed by atoms with E-state index in [0.717, 1.165) is 28.5 Å². The van der Waals surface area contributed by atoms with Gasteiger partial charge in [0.2, 0.25) is 6.41 Å². The van der Waals surface area contributed by atoms with Crippen LogP contribution in [0.4, 0.5) is 0 Å². The Bertz CT molecular complexity index is 984. The zero-order valence-corrected chi connectivity index (χ0v) is 15.4. The second-order valence-corrected chi connectivity index (χ2v) is 6.89. The minimum absolute atomic E-state index is 0.284. The van der Waals surface area contributed by atoms with Crippen LogP contribution in [0.15, 0.2) is 57.7 Å². The van der Waals surface area contributed by atoms with Crippen molar-refractivity contribution in [1.82, 2.24) is 4.90 Å². The molecule has 1 aliphatic carbocycles. The van der Waals surface area contributed by atoms with Crippen molar-refractivity contribution in [3.8, 4) is 11.1 Å². The average molecular weight is 349 g/mol. The Morgan fingerprint density at radius 1 is 1.04 bits per heavy atom. The summed E-state index contributed by atoms with van der Waals surface area (Å²) in [6.07, 6.45) is 3.24. The van der Waals surface area contributed by atoms with Crippen LogP contribution in [0.25, 0.3) is 22.1 Å². The van der Waals surface area contributed by atoms with Crippen molar-refractivity contribution in [2.75, 3.05) is 14.1 Å². The van der Waals surface area contributed by atoms with Gasteiger partial charge in [-0.25, -0.2) is 4.79 Å². The summed E-state index contributed by atoms with van der Waals surface area (Å²) in [5, 5.41) is 1.01. The molecule has 0 spiro atoms. The van der Waals surface area contributed by atoms with E-state index in [1.165, 1.54) is 23.3 Å². The Kier molecular flexibility index (Phi) is 5.21. The van der Waals surface area contributed by atoms with Crippen LogP contribution < -0.4 is 5.63 Å². The molecular formula is C22H23NO3. The van der Waals surface area contributed by atoms with E-state index in [0.29, 0.717) is 11.5 Å². The Morgan fingerprint density at radius 2 is 1.73 bits per heavy atom. The van der Waals surface area contributed by atoms with Gasteiger partial charge in [-0.05, 0) is 48.4 Å². The molecule has 134 valence electrons. The summed E-state index contributed by atoms with van der Waals surface area (Å²) < 4.78 is 5.43. The fourth-order valence-corrected chi connectivity index (χ4v) is 2.95. The standard InChI is InChI=1S/C19H16O2.C3H7NO/c1-12-4-2-3-5-15(12)17-11-19(20)21-18-10-14(13-6-7-13)8-9-16(17)18;1-4(2)3-5/h2-5,8-11,13H,6-7H2,1H3;3H,1-2H3. The predicted octanol–water partition coefficient (Wildman–Crippen LogP) is 4.35. The first-order chi connectivity index (χ1) is 12.5. The maximum atomic E-state index is 11.9. The van der Waals surface area contributed by atoms with Gasteiger partial charge in [0.05, 0.1) is 0 Å². The smallest absolute Gasteiger partial charge is 0.336 e. The van der Waals surface area contributed by atoms with Gasteiger partial charge < -0.3 is 9.32 Å². The highest BCUT2D eigenvalue weighted by atomic mass is 16.4. The molecular weight excluding hydrogens is 326 g/mol. The lowest BCUT2D eigenvalue weighted by molar-refractivity contribution is -0.115. The highest BCUT2D eigenvalue weighted by molar-refractivity contribution is 5.94. The number of aryl methyl sites for hydroxylation is 1. The van der Waals surface area contributed by atoms with E-state index in [1.807, 2.05) is 18.2 Å². The van der Waals surface area contributed by atoms with Crippen molar-refractivity contribution in [2.24, 2.45) is 0 Å². The minimum atomic E-state index is -0.284. The summed E-state index contributed by atoms with van der Waals surface area (Å²) in [6, 6.07) is 16.0. The topological polar surface area (TPSA) is 50.5 Å². The van der Waals surface area contributed by atoms with Gasteiger partial charge in [0.25, 0.3) is 0 Å². The van der Waals surface area contributed by atoms with Crippen LogP contribution in [0.3, 0.4) is 0 Å².